The molecule has 0 amide bonds. The molecule has 0 saturated heterocycles. The predicted molar refractivity (Wildman–Crippen MR) is 57.5 cm³/mol. The Kier molecular flexibility index (Phi) is 4.46. The second-order valence-electron chi connectivity index (χ2n) is 3.29. The molecule has 0 aromatic carbocycles. The summed E-state index contributed by atoms with van der Waals surface area (Å²) in [5, 5.41) is 7.50. The van der Waals surface area contributed by atoms with Crippen molar-refractivity contribution in [1.82, 2.24) is 9.78 Å². The smallest absolute Gasteiger partial charge is 0.0729 e. The summed E-state index contributed by atoms with van der Waals surface area (Å²) in [6, 6.07) is 0.324. The molecule has 1 aromatic rings. The first kappa shape index (κ1) is 11.0. The fraction of sp³-hybridized carbons (Fsp3) is 0.700. The van der Waals surface area contributed by atoms with Crippen LogP contribution in [-0.4, -0.2) is 29.0 Å². The third kappa shape index (κ3) is 3.38. The van der Waals surface area contributed by atoms with E-state index >= 15 is 0 Å². The first-order chi connectivity index (χ1) is 6.76. The van der Waals surface area contributed by atoms with Gasteiger partial charge in [0.1, 0.15) is 0 Å². The van der Waals surface area contributed by atoms with E-state index in [0.29, 0.717) is 6.04 Å². The van der Waals surface area contributed by atoms with Gasteiger partial charge in [-0.05, 0) is 20.8 Å². The van der Waals surface area contributed by atoms with E-state index in [4.69, 9.17) is 4.74 Å². The number of ether oxygens (including phenoxy) is 1. The molecule has 0 radical (unpaired) electrons. The lowest BCUT2D eigenvalue weighted by atomic mass is 10.3. The number of rotatable bonds is 6. The van der Waals surface area contributed by atoms with Gasteiger partial charge in [-0.25, -0.2) is 0 Å². The van der Waals surface area contributed by atoms with E-state index < -0.39 is 0 Å². The average molecular weight is 197 g/mol. The van der Waals surface area contributed by atoms with Gasteiger partial charge in [0.2, 0.25) is 0 Å². The number of hydrogen-bond acceptors (Lipinski definition) is 3. The quantitative estimate of drug-likeness (QED) is 0.755. The van der Waals surface area contributed by atoms with Gasteiger partial charge in [-0.3, -0.25) is 4.68 Å². The van der Waals surface area contributed by atoms with Crippen LogP contribution in [0.1, 0.15) is 20.8 Å². The molecule has 0 aliphatic rings. The molecule has 4 heteroatoms. The highest BCUT2D eigenvalue weighted by atomic mass is 16.5. The molecule has 4 nitrogen and oxygen atoms in total. The highest BCUT2D eigenvalue weighted by Gasteiger charge is 2.02. The molecule has 1 unspecified atom stereocenters. The summed E-state index contributed by atoms with van der Waals surface area (Å²) in [5.74, 6) is 0. The van der Waals surface area contributed by atoms with Crippen LogP contribution in [0.15, 0.2) is 12.4 Å². The highest BCUT2D eigenvalue weighted by Crippen LogP contribution is 2.06. The first-order valence-corrected chi connectivity index (χ1v) is 5.13. The Labute approximate surface area is 85.3 Å². The van der Waals surface area contributed by atoms with E-state index in [9.17, 15) is 0 Å². The van der Waals surface area contributed by atoms with Crippen molar-refractivity contribution in [3.63, 3.8) is 0 Å². The first-order valence-electron chi connectivity index (χ1n) is 5.13. The van der Waals surface area contributed by atoms with E-state index in [2.05, 4.69) is 24.3 Å². The fourth-order valence-corrected chi connectivity index (χ4v) is 1.23. The SMILES string of the molecule is CCOCC(C)Nc1cnn(CC)c1. The minimum Gasteiger partial charge on any atom is -0.380 e. The summed E-state index contributed by atoms with van der Waals surface area (Å²) in [7, 11) is 0. The number of aromatic nitrogens is 2. The molecule has 1 heterocycles. The van der Waals surface area contributed by atoms with Crippen molar-refractivity contribution in [3.8, 4) is 0 Å². The number of aryl methyl sites for hydroxylation is 1. The maximum Gasteiger partial charge on any atom is 0.0729 e. The molecule has 1 N–H and O–H groups in total. The van der Waals surface area contributed by atoms with Crippen LogP contribution in [0.2, 0.25) is 0 Å². The zero-order chi connectivity index (χ0) is 10.4. The van der Waals surface area contributed by atoms with Crippen LogP contribution in [0, 0.1) is 0 Å². The Morgan fingerprint density at radius 3 is 2.93 bits per heavy atom. The molecule has 0 fully saturated rings. The molecule has 1 rings (SSSR count). The van der Waals surface area contributed by atoms with Crippen molar-refractivity contribution in [1.29, 1.82) is 0 Å². The molecule has 1 atom stereocenters. The summed E-state index contributed by atoms with van der Waals surface area (Å²) in [4.78, 5) is 0. The topological polar surface area (TPSA) is 39.1 Å². The van der Waals surface area contributed by atoms with Gasteiger partial charge < -0.3 is 10.1 Å². The zero-order valence-electron chi connectivity index (χ0n) is 9.16. The molecule has 0 aliphatic heterocycles. The maximum absolute atomic E-state index is 5.31. The minimum absolute atomic E-state index is 0.324. The lowest BCUT2D eigenvalue weighted by Gasteiger charge is -2.12. The fourth-order valence-electron chi connectivity index (χ4n) is 1.23. The monoisotopic (exact) mass is 197 g/mol. The maximum atomic E-state index is 5.31. The van der Waals surface area contributed by atoms with Gasteiger partial charge in [0, 0.05) is 25.4 Å². The second kappa shape index (κ2) is 5.65. The summed E-state index contributed by atoms with van der Waals surface area (Å²) in [6.07, 6.45) is 3.84. The van der Waals surface area contributed by atoms with Crippen LogP contribution in [-0.2, 0) is 11.3 Å². The third-order valence-corrected chi connectivity index (χ3v) is 1.94. The van der Waals surface area contributed by atoms with Crippen LogP contribution in [0.4, 0.5) is 5.69 Å². The molecule has 1 aromatic heterocycles. The van der Waals surface area contributed by atoms with Gasteiger partial charge in [0.15, 0.2) is 0 Å². The van der Waals surface area contributed by atoms with E-state index in [-0.39, 0.29) is 0 Å². The van der Waals surface area contributed by atoms with Crippen LogP contribution in [0.3, 0.4) is 0 Å². The molecule has 0 spiro atoms. The summed E-state index contributed by atoms with van der Waals surface area (Å²) in [6.45, 7) is 8.57. The summed E-state index contributed by atoms with van der Waals surface area (Å²) >= 11 is 0. The molecule has 0 aliphatic carbocycles. The van der Waals surface area contributed by atoms with Crippen molar-refractivity contribution < 1.29 is 4.74 Å². The molecule has 0 bridgehead atoms. The van der Waals surface area contributed by atoms with Gasteiger partial charge >= 0.3 is 0 Å². The zero-order valence-corrected chi connectivity index (χ0v) is 9.16. The Balaban J connectivity index is 2.35. The number of nitrogens with zero attached hydrogens (tertiary/aromatic N) is 2. The highest BCUT2D eigenvalue weighted by molar-refractivity contribution is 5.39. The molecule has 14 heavy (non-hydrogen) atoms. The van der Waals surface area contributed by atoms with Crippen LogP contribution < -0.4 is 5.32 Å². The number of nitrogens with one attached hydrogen (secondary N) is 1. The van der Waals surface area contributed by atoms with Gasteiger partial charge in [-0.1, -0.05) is 0 Å². The van der Waals surface area contributed by atoms with Crippen LogP contribution in [0.25, 0.3) is 0 Å². The van der Waals surface area contributed by atoms with E-state index in [0.717, 1.165) is 25.4 Å². The largest absolute Gasteiger partial charge is 0.380 e. The van der Waals surface area contributed by atoms with Crippen LogP contribution in [0.5, 0.6) is 0 Å². The standard InChI is InChI=1S/C10H19N3O/c1-4-13-7-10(6-11-13)12-9(3)8-14-5-2/h6-7,9,12H,4-5,8H2,1-3H3. The lowest BCUT2D eigenvalue weighted by molar-refractivity contribution is 0.141. The lowest BCUT2D eigenvalue weighted by Crippen LogP contribution is -2.21. The Morgan fingerprint density at radius 1 is 1.57 bits per heavy atom. The summed E-state index contributed by atoms with van der Waals surface area (Å²) < 4.78 is 7.21. The molecule has 0 saturated carbocycles. The van der Waals surface area contributed by atoms with E-state index in [1.54, 1.807) is 0 Å². The van der Waals surface area contributed by atoms with Crippen LogP contribution >= 0.6 is 0 Å². The van der Waals surface area contributed by atoms with E-state index in [1.165, 1.54) is 0 Å². The van der Waals surface area contributed by atoms with E-state index in [1.807, 2.05) is 24.0 Å². The van der Waals surface area contributed by atoms with Gasteiger partial charge in [-0.2, -0.15) is 5.10 Å². The molecule has 80 valence electrons. The van der Waals surface area contributed by atoms with Crippen molar-refractivity contribution in [2.24, 2.45) is 0 Å². The number of hydrogen-bond donors (Lipinski definition) is 1. The number of anilines is 1. The van der Waals surface area contributed by atoms with Gasteiger partial charge in [0.25, 0.3) is 0 Å². The molecular weight excluding hydrogens is 178 g/mol. The summed E-state index contributed by atoms with van der Waals surface area (Å²) in [5.41, 5.74) is 1.05. The van der Waals surface area contributed by atoms with Crippen molar-refractivity contribution >= 4 is 5.69 Å². The second-order valence-corrected chi connectivity index (χ2v) is 3.29. The normalized spacial score (nSPS) is 12.8. The average Bonchev–Trinajstić information content (AvgIpc) is 2.62. The molecular formula is C10H19N3O. The van der Waals surface area contributed by atoms with Gasteiger partial charge in [0.05, 0.1) is 18.5 Å². The van der Waals surface area contributed by atoms with Crippen molar-refractivity contribution in [2.45, 2.75) is 33.4 Å². The third-order valence-electron chi connectivity index (χ3n) is 1.94. The Bertz CT molecular complexity index is 260. The Hall–Kier alpha value is -1.03. The minimum atomic E-state index is 0.324. The van der Waals surface area contributed by atoms with Gasteiger partial charge in [-0.15, -0.1) is 0 Å². The van der Waals surface area contributed by atoms with Crippen molar-refractivity contribution in [3.05, 3.63) is 12.4 Å². The van der Waals surface area contributed by atoms with Crippen molar-refractivity contribution in [2.75, 3.05) is 18.5 Å². The Morgan fingerprint density at radius 2 is 2.36 bits per heavy atom. The predicted octanol–water partition coefficient (Wildman–Crippen LogP) is 1.74.